The van der Waals surface area contributed by atoms with Gasteiger partial charge in [0.15, 0.2) is 0 Å². The van der Waals surface area contributed by atoms with Gasteiger partial charge in [0.05, 0.1) is 11.4 Å². The summed E-state index contributed by atoms with van der Waals surface area (Å²) in [7, 11) is -3.20. The zero-order chi connectivity index (χ0) is 21.7. The number of benzene rings is 2. The lowest BCUT2D eigenvalue weighted by molar-refractivity contribution is 0.102. The summed E-state index contributed by atoms with van der Waals surface area (Å²) in [6.07, 6.45) is 2.88. The zero-order valence-corrected chi connectivity index (χ0v) is 19.0. The highest BCUT2D eigenvalue weighted by molar-refractivity contribution is 7.93. The van der Waals surface area contributed by atoms with Gasteiger partial charge in [-0.05, 0) is 77.6 Å². The monoisotopic (exact) mass is 426 g/mol. The van der Waals surface area contributed by atoms with Crippen LogP contribution in [-0.2, 0) is 20.9 Å². The van der Waals surface area contributed by atoms with Gasteiger partial charge in [-0.2, -0.15) is 0 Å². The van der Waals surface area contributed by atoms with Crippen LogP contribution in [0.1, 0.15) is 68.4 Å². The lowest BCUT2D eigenvalue weighted by atomic mass is 9.63. The van der Waals surface area contributed by atoms with Gasteiger partial charge in [-0.25, -0.2) is 8.42 Å². The molecule has 4 rings (SSSR count). The molecule has 30 heavy (non-hydrogen) atoms. The summed E-state index contributed by atoms with van der Waals surface area (Å²) in [6.45, 7) is 9.53. The summed E-state index contributed by atoms with van der Waals surface area (Å²) in [5, 5.41) is 2.94. The fourth-order valence-corrected chi connectivity index (χ4v) is 6.14. The number of anilines is 2. The fourth-order valence-electron chi connectivity index (χ4n) is 4.57. The first-order valence-corrected chi connectivity index (χ1v) is 12.2. The molecule has 0 spiro atoms. The fraction of sp³-hybridized carbons (Fsp3) is 0.458. The number of hydrogen-bond acceptors (Lipinski definition) is 3. The molecule has 2 aromatic carbocycles. The van der Waals surface area contributed by atoms with Crippen LogP contribution in [0.5, 0.6) is 0 Å². The third-order valence-electron chi connectivity index (χ3n) is 6.63. The Morgan fingerprint density at radius 3 is 2.17 bits per heavy atom. The van der Waals surface area contributed by atoms with Crippen LogP contribution < -0.4 is 9.62 Å². The highest BCUT2D eigenvalue weighted by atomic mass is 32.2. The number of carbonyl (C=O) groups is 1. The minimum absolute atomic E-state index is 0.0456. The van der Waals surface area contributed by atoms with Gasteiger partial charge in [-0.1, -0.05) is 33.8 Å². The van der Waals surface area contributed by atoms with Crippen LogP contribution in [0.4, 0.5) is 11.4 Å². The summed E-state index contributed by atoms with van der Waals surface area (Å²) < 4.78 is 25.6. The first-order valence-electron chi connectivity index (χ1n) is 10.6. The highest BCUT2D eigenvalue weighted by Crippen LogP contribution is 2.45. The van der Waals surface area contributed by atoms with Crippen LogP contribution in [0.15, 0.2) is 42.5 Å². The molecule has 1 aliphatic carbocycles. The maximum atomic E-state index is 12.9. The Morgan fingerprint density at radius 1 is 0.933 bits per heavy atom. The lowest BCUT2D eigenvalue weighted by Crippen LogP contribution is -2.34. The molecular weight excluding hydrogens is 396 g/mol. The molecule has 1 heterocycles. The van der Waals surface area contributed by atoms with Crippen LogP contribution in [0, 0.1) is 0 Å². The molecule has 0 bridgehead atoms. The molecular formula is C24H30N2O3S. The summed E-state index contributed by atoms with van der Waals surface area (Å²) in [5.41, 5.74) is 4.68. The van der Waals surface area contributed by atoms with Crippen LogP contribution in [0.3, 0.4) is 0 Å². The van der Waals surface area contributed by atoms with Gasteiger partial charge >= 0.3 is 0 Å². The Labute approximate surface area is 179 Å². The number of carbonyl (C=O) groups excluding carboxylic acids is 1. The van der Waals surface area contributed by atoms with Crippen molar-refractivity contribution in [3.8, 4) is 0 Å². The number of amides is 1. The number of nitrogens with zero attached hydrogens (tertiary/aromatic N) is 1. The molecule has 0 aromatic heterocycles. The van der Waals surface area contributed by atoms with Gasteiger partial charge < -0.3 is 5.32 Å². The summed E-state index contributed by atoms with van der Waals surface area (Å²) in [6, 6.07) is 13.1. The minimum Gasteiger partial charge on any atom is -0.322 e. The molecule has 0 atom stereocenters. The lowest BCUT2D eigenvalue weighted by Gasteiger charge is -2.42. The van der Waals surface area contributed by atoms with E-state index in [2.05, 4.69) is 39.1 Å². The summed E-state index contributed by atoms with van der Waals surface area (Å²) in [4.78, 5) is 12.9. The van der Waals surface area contributed by atoms with Gasteiger partial charge in [0.2, 0.25) is 10.0 Å². The molecule has 1 saturated heterocycles. The first kappa shape index (κ1) is 20.9. The number of nitrogens with one attached hydrogen (secondary N) is 1. The van der Waals surface area contributed by atoms with Crippen molar-refractivity contribution in [2.75, 3.05) is 21.9 Å². The molecule has 1 amide bonds. The molecule has 1 fully saturated rings. The molecule has 2 aromatic rings. The predicted molar refractivity (Wildman–Crippen MR) is 122 cm³/mol. The Kier molecular flexibility index (Phi) is 4.96. The second kappa shape index (κ2) is 7.12. The van der Waals surface area contributed by atoms with E-state index in [-0.39, 0.29) is 22.5 Å². The van der Waals surface area contributed by atoms with Crippen LogP contribution >= 0.6 is 0 Å². The van der Waals surface area contributed by atoms with Gasteiger partial charge in [0.25, 0.3) is 5.91 Å². The van der Waals surface area contributed by atoms with Gasteiger partial charge in [0.1, 0.15) is 0 Å². The third kappa shape index (κ3) is 3.73. The maximum Gasteiger partial charge on any atom is 0.255 e. The second-order valence-electron chi connectivity index (χ2n) is 9.77. The van der Waals surface area contributed by atoms with Crippen molar-refractivity contribution in [3.63, 3.8) is 0 Å². The van der Waals surface area contributed by atoms with Gasteiger partial charge in [-0.15, -0.1) is 0 Å². The molecule has 1 aliphatic heterocycles. The van der Waals surface area contributed by atoms with Crippen LogP contribution in [0.25, 0.3) is 0 Å². The number of hydrogen-bond donors (Lipinski definition) is 1. The largest absolute Gasteiger partial charge is 0.322 e. The molecule has 2 aliphatic rings. The molecule has 1 N–H and O–H groups in total. The van der Waals surface area contributed by atoms with Crippen molar-refractivity contribution in [2.45, 2.75) is 57.8 Å². The van der Waals surface area contributed by atoms with Crippen molar-refractivity contribution < 1.29 is 13.2 Å². The third-order valence-corrected chi connectivity index (χ3v) is 8.50. The standard InChI is InChI=1S/C24H30N2O3S/c1-23(2)12-13-24(3,4)21-16-17(6-11-20(21)23)22(27)25-18-7-9-19(10-8-18)26-14-5-15-30(26,28)29/h6-11,16H,5,12-15H2,1-4H3,(H,25,27). The Balaban J connectivity index is 1.55. The van der Waals surface area contributed by atoms with Crippen molar-refractivity contribution in [2.24, 2.45) is 0 Å². The second-order valence-corrected chi connectivity index (χ2v) is 11.8. The van der Waals surface area contributed by atoms with Crippen molar-refractivity contribution in [1.82, 2.24) is 0 Å². The topological polar surface area (TPSA) is 66.5 Å². The van der Waals surface area contributed by atoms with E-state index >= 15 is 0 Å². The van der Waals surface area contributed by atoms with E-state index in [1.54, 1.807) is 24.3 Å². The van der Waals surface area contributed by atoms with Gasteiger partial charge in [-0.3, -0.25) is 9.10 Å². The Morgan fingerprint density at radius 2 is 1.57 bits per heavy atom. The number of rotatable bonds is 3. The van der Waals surface area contributed by atoms with Crippen molar-refractivity contribution >= 4 is 27.3 Å². The van der Waals surface area contributed by atoms with E-state index in [9.17, 15) is 13.2 Å². The molecule has 0 saturated carbocycles. The summed E-state index contributed by atoms with van der Waals surface area (Å²) >= 11 is 0. The number of fused-ring (bicyclic) bond motifs is 1. The van der Waals surface area contributed by atoms with Gasteiger partial charge in [0, 0.05) is 17.8 Å². The highest BCUT2D eigenvalue weighted by Gasteiger charge is 2.37. The van der Waals surface area contributed by atoms with E-state index < -0.39 is 10.0 Å². The quantitative estimate of drug-likeness (QED) is 0.765. The molecule has 160 valence electrons. The van der Waals surface area contributed by atoms with E-state index in [0.29, 0.717) is 29.9 Å². The Bertz CT molecular complexity index is 1090. The molecule has 6 heteroatoms. The predicted octanol–water partition coefficient (Wildman–Crippen LogP) is 4.83. The average Bonchev–Trinajstić information content (AvgIpc) is 3.05. The Hall–Kier alpha value is -2.34. The smallest absolute Gasteiger partial charge is 0.255 e. The first-order chi connectivity index (χ1) is 14.0. The van der Waals surface area contributed by atoms with Crippen molar-refractivity contribution in [1.29, 1.82) is 0 Å². The normalized spacial score (nSPS) is 21.1. The molecule has 5 nitrogen and oxygen atoms in total. The SMILES string of the molecule is CC1(C)CCC(C)(C)c2cc(C(=O)Nc3ccc(N4CCCS4(=O)=O)cc3)ccc21. The summed E-state index contributed by atoms with van der Waals surface area (Å²) in [5.74, 6) is 0.0373. The van der Waals surface area contributed by atoms with Crippen LogP contribution in [0.2, 0.25) is 0 Å². The van der Waals surface area contributed by atoms with E-state index in [4.69, 9.17) is 0 Å². The van der Waals surface area contributed by atoms with E-state index in [0.717, 1.165) is 12.8 Å². The minimum atomic E-state index is -3.20. The zero-order valence-electron chi connectivity index (χ0n) is 18.2. The van der Waals surface area contributed by atoms with Crippen molar-refractivity contribution in [3.05, 3.63) is 59.2 Å². The van der Waals surface area contributed by atoms with Crippen LogP contribution in [-0.4, -0.2) is 26.6 Å². The maximum absolute atomic E-state index is 12.9. The van der Waals surface area contributed by atoms with E-state index in [1.165, 1.54) is 15.4 Å². The average molecular weight is 427 g/mol. The van der Waals surface area contributed by atoms with E-state index in [1.807, 2.05) is 12.1 Å². The number of sulfonamides is 1. The molecule has 0 unspecified atom stereocenters. The molecule has 0 radical (unpaired) electrons.